The highest BCUT2D eigenvalue weighted by molar-refractivity contribution is 5.72. The standard InChI is InChI=1S/C17H23N3O/c1-17(2,3)16-19-14(15(18)20(16)12-7-8-12)11-5-9-13(21-4)10-6-11/h5-6,9-10,12H,7-8,18H2,1-4H3. The van der Waals surface area contributed by atoms with Crippen LogP contribution in [0.2, 0.25) is 0 Å². The molecule has 1 aromatic heterocycles. The molecule has 1 heterocycles. The zero-order chi connectivity index (χ0) is 15.2. The van der Waals surface area contributed by atoms with Crippen LogP contribution in [0.25, 0.3) is 11.3 Å². The summed E-state index contributed by atoms with van der Waals surface area (Å²) in [7, 11) is 1.67. The summed E-state index contributed by atoms with van der Waals surface area (Å²) in [5.41, 5.74) is 8.32. The number of methoxy groups -OCH3 is 1. The fourth-order valence-corrected chi connectivity index (χ4v) is 2.64. The van der Waals surface area contributed by atoms with Crippen LogP contribution in [0, 0.1) is 0 Å². The zero-order valence-corrected chi connectivity index (χ0v) is 13.2. The summed E-state index contributed by atoms with van der Waals surface area (Å²) in [5, 5.41) is 0. The average Bonchev–Trinajstić information content (AvgIpc) is 3.21. The molecular weight excluding hydrogens is 262 g/mol. The van der Waals surface area contributed by atoms with Gasteiger partial charge in [0.05, 0.1) is 7.11 Å². The van der Waals surface area contributed by atoms with Crippen LogP contribution in [0.1, 0.15) is 45.5 Å². The molecule has 4 nitrogen and oxygen atoms in total. The van der Waals surface area contributed by atoms with Gasteiger partial charge >= 0.3 is 0 Å². The van der Waals surface area contributed by atoms with Gasteiger partial charge < -0.3 is 15.0 Å². The molecule has 4 heteroatoms. The van der Waals surface area contributed by atoms with Crippen LogP contribution in [0.5, 0.6) is 5.75 Å². The fraction of sp³-hybridized carbons (Fsp3) is 0.471. The van der Waals surface area contributed by atoms with Gasteiger partial charge in [0, 0.05) is 17.0 Å². The lowest BCUT2D eigenvalue weighted by atomic mass is 9.95. The lowest BCUT2D eigenvalue weighted by Gasteiger charge is -2.20. The second-order valence-corrected chi connectivity index (χ2v) is 6.75. The molecule has 21 heavy (non-hydrogen) atoms. The lowest BCUT2D eigenvalue weighted by molar-refractivity contribution is 0.415. The van der Waals surface area contributed by atoms with Crippen molar-refractivity contribution in [3.05, 3.63) is 30.1 Å². The van der Waals surface area contributed by atoms with Gasteiger partial charge in [0.15, 0.2) is 0 Å². The van der Waals surface area contributed by atoms with Gasteiger partial charge in [0.2, 0.25) is 0 Å². The third-order valence-electron chi connectivity index (χ3n) is 3.89. The van der Waals surface area contributed by atoms with Crippen LogP contribution in [-0.2, 0) is 5.41 Å². The second-order valence-electron chi connectivity index (χ2n) is 6.75. The number of imidazole rings is 1. The Balaban J connectivity index is 2.10. The third kappa shape index (κ3) is 2.50. The van der Waals surface area contributed by atoms with E-state index in [1.54, 1.807) is 7.11 Å². The third-order valence-corrected chi connectivity index (χ3v) is 3.89. The first-order chi connectivity index (χ1) is 9.91. The molecule has 0 spiro atoms. The molecule has 2 N–H and O–H groups in total. The SMILES string of the molecule is COc1ccc(-c2nc(C(C)(C)C)n(C3CC3)c2N)cc1. The Morgan fingerprint density at radius 3 is 2.29 bits per heavy atom. The molecule has 0 atom stereocenters. The number of hydrogen-bond acceptors (Lipinski definition) is 3. The molecule has 2 aromatic rings. The molecule has 1 aromatic carbocycles. The van der Waals surface area contributed by atoms with Crippen molar-refractivity contribution < 1.29 is 4.74 Å². The average molecular weight is 285 g/mol. The molecule has 0 unspecified atom stereocenters. The molecular formula is C17H23N3O. The van der Waals surface area contributed by atoms with E-state index in [2.05, 4.69) is 25.3 Å². The Kier molecular flexibility index (Phi) is 3.19. The van der Waals surface area contributed by atoms with Crippen molar-refractivity contribution in [1.82, 2.24) is 9.55 Å². The summed E-state index contributed by atoms with van der Waals surface area (Å²) in [6.07, 6.45) is 2.40. The zero-order valence-electron chi connectivity index (χ0n) is 13.2. The second kappa shape index (κ2) is 4.79. The van der Waals surface area contributed by atoms with E-state index in [1.807, 2.05) is 24.3 Å². The Hall–Kier alpha value is -1.97. The maximum Gasteiger partial charge on any atom is 0.132 e. The van der Waals surface area contributed by atoms with E-state index >= 15 is 0 Å². The summed E-state index contributed by atoms with van der Waals surface area (Å²) in [6, 6.07) is 8.45. The van der Waals surface area contributed by atoms with Crippen molar-refractivity contribution >= 4 is 5.82 Å². The Labute approximate surface area is 125 Å². The first-order valence-electron chi connectivity index (χ1n) is 7.44. The van der Waals surface area contributed by atoms with Gasteiger partial charge in [-0.3, -0.25) is 0 Å². The topological polar surface area (TPSA) is 53.1 Å². The van der Waals surface area contributed by atoms with E-state index in [0.29, 0.717) is 6.04 Å². The van der Waals surface area contributed by atoms with Crippen LogP contribution >= 0.6 is 0 Å². The highest BCUT2D eigenvalue weighted by Gasteiger charge is 2.34. The minimum Gasteiger partial charge on any atom is -0.497 e. The highest BCUT2D eigenvalue weighted by atomic mass is 16.5. The molecule has 0 aliphatic heterocycles. The van der Waals surface area contributed by atoms with Gasteiger partial charge in [-0.05, 0) is 37.1 Å². The Morgan fingerprint density at radius 2 is 1.81 bits per heavy atom. The molecule has 1 aliphatic carbocycles. The number of nitrogen functional groups attached to an aromatic ring is 1. The number of nitrogens with two attached hydrogens (primary N) is 1. The van der Waals surface area contributed by atoms with Crippen molar-refractivity contribution in [3.63, 3.8) is 0 Å². The Bertz CT molecular complexity index is 646. The normalized spacial score (nSPS) is 15.2. The predicted octanol–water partition coefficient (Wildman–Crippen LogP) is 3.77. The monoisotopic (exact) mass is 285 g/mol. The van der Waals surface area contributed by atoms with E-state index < -0.39 is 0 Å². The summed E-state index contributed by atoms with van der Waals surface area (Å²) < 4.78 is 7.45. The summed E-state index contributed by atoms with van der Waals surface area (Å²) in [6.45, 7) is 6.56. The van der Waals surface area contributed by atoms with Crippen molar-refractivity contribution in [1.29, 1.82) is 0 Å². The van der Waals surface area contributed by atoms with Crippen LogP contribution in [-0.4, -0.2) is 16.7 Å². The van der Waals surface area contributed by atoms with Crippen molar-refractivity contribution in [3.8, 4) is 17.0 Å². The van der Waals surface area contributed by atoms with E-state index in [1.165, 1.54) is 12.8 Å². The molecule has 1 saturated carbocycles. The van der Waals surface area contributed by atoms with Crippen LogP contribution in [0.3, 0.4) is 0 Å². The minimum atomic E-state index is -0.0125. The van der Waals surface area contributed by atoms with Crippen molar-refractivity contribution in [2.75, 3.05) is 12.8 Å². The summed E-state index contributed by atoms with van der Waals surface area (Å²) >= 11 is 0. The van der Waals surface area contributed by atoms with E-state index in [9.17, 15) is 0 Å². The molecule has 1 fully saturated rings. The van der Waals surface area contributed by atoms with Gasteiger partial charge in [0.1, 0.15) is 23.1 Å². The minimum absolute atomic E-state index is 0.0125. The van der Waals surface area contributed by atoms with Gasteiger partial charge in [-0.1, -0.05) is 20.8 Å². The van der Waals surface area contributed by atoms with E-state index in [4.69, 9.17) is 15.5 Å². The lowest BCUT2D eigenvalue weighted by Crippen LogP contribution is -2.19. The number of anilines is 1. The molecule has 1 aliphatic rings. The first kappa shape index (κ1) is 14.0. The molecule has 112 valence electrons. The van der Waals surface area contributed by atoms with E-state index in [0.717, 1.165) is 28.6 Å². The van der Waals surface area contributed by atoms with Crippen molar-refractivity contribution in [2.45, 2.75) is 45.1 Å². The molecule has 0 amide bonds. The molecule has 3 rings (SSSR count). The van der Waals surface area contributed by atoms with Gasteiger partial charge in [-0.15, -0.1) is 0 Å². The molecule has 0 bridgehead atoms. The number of ether oxygens (including phenoxy) is 1. The first-order valence-corrected chi connectivity index (χ1v) is 7.44. The maximum atomic E-state index is 6.41. The fourth-order valence-electron chi connectivity index (χ4n) is 2.64. The number of aromatic nitrogens is 2. The Morgan fingerprint density at radius 1 is 1.19 bits per heavy atom. The molecule has 0 saturated heterocycles. The number of rotatable bonds is 3. The van der Waals surface area contributed by atoms with Crippen LogP contribution < -0.4 is 10.5 Å². The largest absolute Gasteiger partial charge is 0.497 e. The van der Waals surface area contributed by atoms with Crippen LogP contribution in [0.15, 0.2) is 24.3 Å². The summed E-state index contributed by atoms with van der Waals surface area (Å²) in [5.74, 6) is 2.70. The van der Waals surface area contributed by atoms with Crippen LogP contribution in [0.4, 0.5) is 5.82 Å². The number of nitrogens with zero attached hydrogens (tertiary/aromatic N) is 2. The van der Waals surface area contributed by atoms with Gasteiger partial charge in [-0.2, -0.15) is 0 Å². The van der Waals surface area contributed by atoms with Gasteiger partial charge in [0.25, 0.3) is 0 Å². The maximum absolute atomic E-state index is 6.41. The predicted molar refractivity (Wildman–Crippen MR) is 85.6 cm³/mol. The smallest absolute Gasteiger partial charge is 0.132 e. The quantitative estimate of drug-likeness (QED) is 0.934. The van der Waals surface area contributed by atoms with Gasteiger partial charge in [-0.25, -0.2) is 4.98 Å². The summed E-state index contributed by atoms with van der Waals surface area (Å²) in [4.78, 5) is 4.87. The van der Waals surface area contributed by atoms with Crippen molar-refractivity contribution in [2.24, 2.45) is 0 Å². The number of benzene rings is 1. The highest BCUT2D eigenvalue weighted by Crippen LogP contribution is 2.43. The molecule has 0 radical (unpaired) electrons. The van der Waals surface area contributed by atoms with E-state index in [-0.39, 0.29) is 5.41 Å². The number of hydrogen-bond donors (Lipinski definition) is 1.